The van der Waals surface area contributed by atoms with E-state index in [-0.39, 0.29) is 5.91 Å². The van der Waals surface area contributed by atoms with E-state index in [9.17, 15) is 4.79 Å². The maximum atomic E-state index is 12.2. The lowest BCUT2D eigenvalue weighted by atomic mass is 10.1. The van der Waals surface area contributed by atoms with Gasteiger partial charge >= 0.3 is 0 Å². The van der Waals surface area contributed by atoms with Crippen LogP contribution >= 0.6 is 0 Å². The molecule has 0 bridgehead atoms. The number of rotatable bonds is 5. The zero-order chi connectivity index (χ0) is 17.1. The van der Waals surface area contributed by atoms with Crippen molar-refractivity contribution in [2.45, 2.75) is 6.42 Å². The first-order chi connectivity index (χ1) is 12.3. The lowest BCUT2D eigenvalue weighted by Crippen LogP contribution is -2.26. The molecule has 0 aliphatic rings. The first kappa shape index (κ1) is 15.1. The number of pyridine rings is 1. The number of fused-ring (bicyclic) bond motifs is 1. The Kier molecular flexibility index (Phi) is 4.00. The van der Waals surface area contributed by atoms with E-state index in [1.54, 1.807) is 24.7 Å². The highest BCUT2D eigenvalue weighted by Crippen LogP contribution is 2.16. The Morgan fingerprint density at radius 3 is 2.84 bits per heavy atom. The maximum Gasteiger partial charge on any atom is 0.269 e. The van der Waals surface area contributed by atoms with Crippen molar-refractivity contribution in [2.75, 3.05) is 6.54 Å². The van der Waals surface area contributed by atoms with E-state index in [4.69, 9.17) is 0 Å². The highest BCUT2D eigenvalue weighted by atomic mass is 16.1. The SMILES string of the molecule is O=C(NCCc1ccc2[nH]ccc2c1)c1ccc(-c2cn[nH]c2)cn1. The maximum absolute atomic E-state index is 12.2. The monoisotopic (exact) mass is 331 g/mol. The van der Waals surface area contributed by atoms with Gasteiger partial charge in [-0.25, -0.2) is 0 Å². The van der Waals surface area contributed by atoms with Crippen LogP contribution in [0.3, 0.4) is 0 Å². The molecule has 6 heteroatoms. The van der Waals surface area contributed by atoms with Crippen molar-refractivity contribution in [2.24, 2.45) is 0 Å². The van der Waals surface area contributed by atoms with Gasteiger partial charge in [0.1, 0.15) is 5.69 Å². The second-order valence-electron chi connectivity index (χ2n) is 5.82. The molecule has 3 aromatic heterocycles. The van der Waals surface area contributed by atoms with Crippen LogP contribution < -0.4 is 5.32 Å². The number of hydrogen-bond donors (Lipinski definition) is 3. The van der Waals surface area contributed by atoms with Crippen LogP contribution in [-0.2, 0) is 6.42 Å². The van der Waals surface area contributed by atoms with Crippen LogP contribution in [0, 0.1) is 0 Å². The second kappa shape index (κ2) is 6.60. The summed E-state index contributed by atoms with van der Waals surface area (Å²) < 4.78 is 0. The third kappa shape index (κ3) is 3.28. The molecular weight excluding hydrogens is 314 g/mol. The van der Waals surface area contributed by atoms with Crippen LogP contribution in [0.2, 0.25) is 0 Å². The van der Waals surface area contributed by atoms with Gasteiger partial charge in [-0.15, -0.1) is 0 Å². The van der Waals surface area contributed by atoms with E-state index in [1.807, 2.05) is 18.3 Å². The molecule has 4 aromatic rings. The third-order valence-corrected chi connectivity index (χ3v) is 4.14. The number of hydrogen-bond acceptors (Lipinski definition) is 3. The fraction of sp³-hybridized carbons (Fsp3) is 0.105. The van der Waals surface area contributed by atoms with Crippen molar-refractivity contribution in [1.29, 1.82) is 0 Å². The van der Waals surface area contributed by atoms with Crippen molar-refractivity contribution in [3.8, 4) is 11.1 Å². The molecule has 3 N–H and O–H groups in total. The first-order valence-corrected chi connectivity index (χ1v) is 8.09. The lowest BCUT2D eigenvalue weighted by Gasteiger charge is -2.06. The first-order valence-electron chi connectivity index (χ1n) is 8.09. The van der Waals surface area contributed by atoms with Gasteiger partial charge < -0.3 is 10.3 Å². The third-order valence-electron chi connectivity index (χ3n) is 4.14. The number of aromatic amines is 2. The van der Waals surface area contributed by atoms with E-state index >= 15 is 0 Å². The fourth-order valence-corrected chi connectivity index (χ4v) is 2.78. The summed E-state index contributed by atoms with van der Waals surface area (Å²) in [6.07, 6.45) is 7.89. The molecule has 1 amide bonds. The van der Waals surface area contributed by atoms with E-state index in [0.29, 0.717) is 12.2 Å². The number of nitrogens with zero attached hydrogens (tertiary/aromatic N) is 2. The summed E-state index contributed by atoms with van der Waals surface area (Å²) in [5.41, 5.74) is 4.59. The van der Waals surface area contributed by atoms with E-state index < -0.39 is 0 Å². The zero-order valence-electron chi connectivity index (χ0n) is 13.5. The molecule has 6 nitrogen and oxygen atoms in total. The Hall–Kier alpha value is -3.41. The predicted octanol–water partition coefficient (Wildman–Crippen LogP) is 2.93. The highest BCUT2D eigenvalue weighted by molar-refractivity contribution is 5.92. The Balaban J connectivity index is 1.35. The molecule has 1 aromatic carbocycles. The van der Waals surface area contributed by atoms with Gasteiger partial charge in [0.15, 0.2) is 0 Å². The fourth-order valence-electron chi connectivity index (χ4n) is 2.78. The summed E-state index contributed by atoms with van der Waals surface area (Å²) in [5, 5.41) is 10.8. The molecule has 0 saturated carbocycles. The number of benzene rings is 1. The van der Waals surface area contributed by atoms with Crippen molar-refractivity contribution < 1.29 is 4.79 Å². The molecule has 0 unspecified atom stereocenters. The Morgan fingerprint density at radius 1 is 1.08 bits per heavy atom. The number of carbonyl (C=O) groups excluding carboxylic acids is 1. The molecule has 25 heavy (non-hydrogen) atoms. The average Bonchev–Trinajstić information content (AvgIpc) is 3.33. The zero-order valence-corrected chi connectivity index (χ0v) is 13.5. The van der Waals surface area contributed by atoms with Gasteiger partial charge in [-0.3, -0.25) is 14.9 Å². The molecule has 0 fully saturated rings. The Bertz CT molecular complexity index is 986. The van der Waals surface area contributed by atoms with E-state index in [0.717, 1.165) is 23.1 Å². The van der Waals surface area contributed by atoms with Gasteiger partial charge in [0, 0.05) is 41.8 Å². The Morgan fingerprint density at radius 2 is 2.04 bits per heavy atom. The summed E-state index contributed by atoms with van der Waals surface area (Å²) in [5.74, 6) is -0.165. The van der Waals surface area contributed by atoms with Crippen molar-refractivity contribution in [3.63, 3.8) is 0 Å². The van der Waals surface area contributed by atoms with Crippen LogP contribution in [-0.4, -0.2) is 32.6 Å². The summed E-state index contributed by atoms with van der Waals surface area (Å²) in [7, 11) is 0. The van der Waals surface area contributed by atoms with Gasteiger partial charge in [0.25, 0.3) is 5.91 Å². The standard InChI is InChI=1S/C19H17N5O/c25-19(18-4-2-15(10-22-18)16-11-23-24-12-16)21-7-5-13-1-3-17-14(9-13)6-8-20-17/h1-4,6,8-12,20H,5,7H2,(H,21,25)(H,23,24). The van der Waals surface area contributed by atoms with Crippen molar-refractivity contribution in [1.82, 2.24) is 25.5 Å². The van der Waals surface area contributed by atoms with E-state index in [1.165, 1.54) is 10.9 Å². The quantitative estimate of drug-likeness (QED) is 0.525. The van der Waals surface area contributed by atoms with Crippen LogP contribution in [0.5, 0.6) is 0 Å². The number of H-pyrrole nitrogens is 2. The van der Waals surface area contributed by atoms with Crippen molar-refractivity contribution >= 4 is 16.8 Å². The molecule has 124 valence electrons. The topological polar surface area (TPSA) is 86.5 Å². The minimum Gasteiger partial charge on any atom is -0.361 e. The summed E-state index contributed by atoms with van der Waals surface area (Å²) >= 11 is 0. The van der Waals surface area contributed by atoms with E-state index in [2.05, 4.69) is 43.7 Å². The van der Waals surface area contributed by atoms with Crippen LogP contribution in [0.25, 0.3) is 22.0 Å². The molecule has 0 aliphatic carbocycles. The van der Waals surface area contributed by atoms with Gasteiger partial charge in [-0.1, -0.05) is 12.1 Å². The molecule has 0 aliphatic heterocycles. The normalized spacial score (nSPS) is 10.9. The number of nitrogens with one attached hydrogen (secondary N) is 3. The Labute approximate surface area is 144 Å². The van der Waals surface area contributed by atoms with Crippen molar-refractivity contribution in [3.05, 3.63) is 72.4 Å². The number of amides is 1. The van der Waals surface area contributed by atoms with Gasteiger partial charge in [-0.05, 0) is 41.6 Å². The molecule has 4 rings (SSSR count). The number of aromatic nitrogens is 4. The average molecular weight is 331 g/mol. The summed E-state index contributed by atoms with van der Waals surface area (Å²) in [6, 6.07) is 11.9. The number of carbonyl (C=O) groups is 1. The summed E-state index contributed by atoms with van der Waals surface area (Å²) in [4.78, 5) is 19.6. The van der Waals surface area contributed by atoms with Crippen LogP contribution in [0.4, 0.5) is 0 Å². The minimum atomic E-state index is -0.165. The lowest BCUT2D eigenvalue weighted by molar-refractivity contribution is 0.0949. The molecule has 3 heterocycles. The minimum absolute atomic E-state index is 0.165. The molecule has 0 spiro atoms. The second-order valence-corrected chi connectivity index (χ2v) is 5.82. The van der Waals surface area contributed by atoms with Gasteiger partial charge in [0.05, 0.1) is 6.20 Å². The largest absolute Gasteiger partial charge is 0.361 e. The molecule has 0 saturated heterocycles. The molecule has 0 radical (unpaired) electrons. The summed E-state index contributed by atoms with van der Waals surface area (Å²) in [6.45, 7) is 0.569. The van der Waals surface area contributed by atoms with Crippen LogP contribution in [0.1, 0.15) is 16.1 Å². The van der Waals surface area contributed by atoms with Gasteiger partial charge in [0.2, 0.25) is 0 Å². The molecule has 0 atom stereocenters. The molecular formula is C19H17N5O. The van der Waals surface area contributed by atoms with Gasteiger partial charge in [-0.2, -0.15) is 5.10 Å². The highest BCUT2D eigenvalue weighted by Gasteiger charge is 2.08. The predicted molar refractivity (Wildman–Crippen MR) is 96.2 cm³/mol. The van der Waals surface area contributed by atoms with Crippen LogP contribution in [0.15, 0.2) is 61.2 Å². The smallest absolute Gasteiger partial charge is 0.269 e.